The molecule has 55 valence electrons. The van der Waals surface area contributed by atoms with Crippen LogP contribution in [0, 0.1) is 18.8 Å². The van der Waals surface area contributed by atoms with Gasteiger partial charge in [0.25, 0.3) is 0 Å². The lowest BCUT2D eigenvalue weighted by atomic mass is 9.96. The van der Waals surface area contributed by atoms with Gasteiger partial charge < -0.3 is 5.32 Å². The molecule has 0 spiro atoms. The van der Waals surface area contributed by atoms with E-state index < -0.39 is 0 Å². The van der Waals surface area contributed by atoms with Crippen molar-refractivity contribution < 1.29 is 0 Å². The Hall–Kier alpha value is -0.480. The largest absolute Gasteiger partial charge is 0.303 e. The SMILES string of the molecule is C#CCNC1CC[CH]CC1. The van der Waals surface area contributed by atoms with Crippen molar-refractivity contribution in [2.45, 2.75) is 31.7 Å². The van der Waals surface area contributed by atoms with Crippen LogP contribution in [-0.4, -0.2) is 12.6 Å². The van der Waals surface area contributed by atoms with E-state index in [2.05, 4.69) is 17.7 Å². The smallest absolute Gasteiger partial charge is 0.0575 e. The van der Waals surface area contributed by atoms with Gasteiger partial charge in [0, 0.05) is 6.04 Å². The van der Waals surface area contributed by atoms with Gasteiger partial charge in [-0.1, -0.05) is 5.92 Å². The van der Waals surface area contributed by atoms with Crippen LogP contribution in [-0.2, 0) is 0 Å². The first-order valence-electron chi connectivity index (χ1n) is 3.92. The van der Waals surface area contributed by atoms with Gasteiger partial charge in [-0.3, -0.25) is 0 Å². The van der Waals surface area contributed by atoms with Crippen LogP contribution in [0.5, 0.6) is 0 Å². The zero-order chi connectivity index (χ0) is 7.23. The van der Waals surface area contributed by atoms with Gasteiger partial charge in [0.05, 0.1) is 6.54 Å². The number of rotatable bonds is 2. The molecule has 0 aromatic rings. The first-order chi connectivity index (χ1) is 4.93. The van der Waals surface area contributed by atoms with E-state index in [1.54, 1.807) is 0 Å². The molecule has 0 amide bonds. The van der Waals surface area contributed by atoms with Gasteiger partial charge in [-0.15, -0.1) is 6.42 Å². The quantitative estimate of drug-likeness (QED) is 0.565. The van der Waals surface area contributed by atoms with Gasteiger partial charge in [-0.2, -0.15) is 0 Å². The molecular weight excluding hydrogens is 122 g/mol. The van der Waals surface area contributed by atoms with E-state index in [-0.39, 0.29) is 0 Å². The number of hydrogen-bond acceptors (Lipinski definition) is 1. The maximum Gasteiger partial charge on any atom is 0.0575 e. The van der Waals surface area contributed by atoms with Crippen LogP contribution >= 0.6 is 0 Å². The van der Waals surface area contributed by atoms with Crippen LogP contribution in [0.1, 0.15) is 25.7 Å². The van der Waals surface area contributed by atoms with E-state index in [0.29, 0.717) is 6.04 Å². The first kappa shape index (κ1) is 7.63. The van der Waals surface area contributed by atoms with E-state index in [1.807, 2.05) is 0 Å². The summed E-state index contributed by atoms with van der Waals surface area (Å²) in [5, 5.41) is 3.32. The highest BCUT2D eigenvalue weighted by Gasteiger charge is 2.10. The average molecular weight is 136 g/mol. The second-order valence-electron chi connectivity index (χ2n) is 2.73. The van der Waals surface area contributed by atoms with E-state index >= 15 is 0 Å². The minimum absolute atomic E-state index is 0.682. The summed E-state index contributed by atoms with van der Waals surface area (Å²) in [6, 6.07) is 0.682. The van der Waals surface area contributed by atoms with Crippen molar-refractivity contribution in [3.05, 3.63) is 6.42 Å². The summed E-state index contributed by atoms with van der Waals surface area (Å²) in [6.45, 7) is 0.727. The van der Waals surface area contributed by atoms with Gasteiger partial charge in [0.15, 0.2) is 0 Å². The molecule has 0 atom stereocenters. The molecular formula is C9H14N. The number of hydrogen-bond donors (Lipinski definition) is 1. The highest BCUT2D eigenvalue weighted by Crippen LogP contribution is 2.15. The maximum absolute atomic E-state index is 5.13. The highest BCUT2D eigenvalue weighted by atomic mass is 14.9. The normalized spacial score (nSPS) is 20.3. The van der Waals surface area contributed by atoms with E-state index in [1.165, 1.54) is 25.7 Å². The van der Waals surface area contributed by atoms with E-state index in [0.717, 1.165) is 6.54 Å². The minimum atomic E-state index is 0.682. The van der Waals surface area contributed by atoms with Gasteiger partial charge in [0.1, 0.15) is 0 Å². The molecule has 1 N–H and O–H groups in total. The van der Waals surface area contributed by atoms with Gasteiger partial charge >= 0.3 is 0 Å². The Morgan fingerprint density at radius 1 is 1.50 bits per heavy atom. The Morgan fingerprint density at radius 2 is 2.20 bits per heavy atom. The molecule has 1 nitrogen and oxygen atoms in total. The summed E-state index contributed by atoms with van der Waals surface area (Å²) >= 11 is 0. The Labute approximate surface area is 63.2 Å². The standard InChI is InChI=1S/C9H14N/c1-2-8-10-9-6-4-3-5-7-9/h1,3,9-10H,4-8H2. The molecule has 1 saturated carbocycles. The zero-order valence-corrected chi connectivity index (χ0v) is 6.27. The van der Waals surface area contributed by atoms with Crippen LogP contribution in [0.2, 0.25) is 0 Å². The number of terminal acetylenes is 1. The Bertz CT molecular complexity index is 117. The van der Waals surface area contributed by atoms with Crippen molar-refractivity contribution in [3.63, 3.8) is 0 Å². The fourth-order valence-electron chi connectivity index (χ4n) is 1.33. The molecule has 1 radical (unpaired) electrons. The monoisotopic (exact) mass is 136 g/mol. The second kappa shape index (κ2) is 4.35. The molecule has 0 bridgehead atoms. The topological polar surface area (TPSA) is 12.0 Å². The maximum atomic E-state index is 5.13. The summed E-state index contributed by atoms with van der Waals surface area (Å²) in [7, 11) is 0. The molecule has 1 aliphatic rings. The van der Waals surface area contributed by atoms with Crippen LogP contribution in [0.25, 0.3) is 0 Å². The molecule has 1 fully saturated rings. The number of nitrogens with one attached hydrogen (secondary N) is 1. The Morgan fingerprint density at radius 3 is 2.80 bits per heavy atom. The summed E-state index contributed by atoms with van der Waals surface area (Å²) in [4.78, 5) is 0. The van der Waals surface area contributed by atoms with E-state index in [4.69, 9.17) is 6.42 Å². The molecule has 0 unspecified atom stereocenters. The third-order valence-electron chi connectivity index (χ3n) is 1.93. The van der Waals surface area contributed by atoms with Crippen molar-refractivity contribution in [3.8, 4) is 12.3 Å². The minimum Gasteiger partial charge on any atom is -0.303 e. The van der Waals surface area contributed by atoms with Crippen LogP contribution in [0.3, 0.4) is 0 Å². The molecule has 10 heavy (non-hydrogen) atoms. The fourth-order valence-corrected chi connectivity index (χ4v) is 1.33. The molecule has 0 heterocycles. The first-order valence-corrected chi connectivity index (χ1v) is 3.92. The Balaban J connectivity index is 2.09. The third kappa shape index (κ3) is 2.41. The van der Waals surface area contributed by atoms with Gasteiger partial charge in [0.2, 0.25) is 0 Å². The summed E-state index contributed by atoms with van der Waals surface area (Å²) in [5.74, 6) is 2.59. The highest BCUT2D eigenvalue weighted by molar-refractivity contribution is 4.90. The lowest BCUT2D eigenvalue weighted by molar-refractivity contribution is 0.433. The molecule has 0 saturated heterocycles. The molecule has 1 aliphatic carbocycles. The fraction of sp³-hybridized carbons (Fsp3) is 0.667. The zero-order valence-electron chi connectivity index (χ0n) is 6.27. The Kier molecular flexibility index (Phi) is 3.32. The summed E-state index contributed by atoms with van der Waals surface area (Å²) < 4.78 is 0. The predicted molar refractivity (Wildman–Crippen MR) is 43.4 cm³/mol. The summed E-state index contributed by atoms with van der Waals surface area (Å²) in [5.41, 5.74) is 0. The van der Waals surface area contributed by atoms with Crippen LogP contribution in [0.4, 0.5) is 0 Å². The summed E-state index contributed by atoms with van der Waals surface area (Å²) in [6.07, 6.45) is 12.5. The average Bonchev–Trinajstić information content (AvgIpc) is 2.03. The molecule has 1 rings (SSSR count). The van der Waals surface area contributed by atoms with Crippen LogP contribution < -0.4 is 5.32 Å². The van der Waals surface area contributed by atoms with Crippen molar-refractivity contribution in [1.82, 2.24) is 5.32 Å². The molecule has 0 aliphatic heterocycles. The van der Waals surface area contributed by atoms with E-state index in [9.17, 15) is 0 Å². The molecule has 0 aromatic heterocycles. The third-order valence-corrected chi connectivity index (χ3v) is 1.93. The van der Waals surface area contributed by atoms with Gasteiger partial charge in [-0.25, -0.2) is 0 Å². The molecule has 1 heteroatoms. The molecule has 0 aromatic carbocycles. The lowest BCUT2D eigenvalue weighted by Gasteiger charge is -2.21. The van der Waals surface area contributed by atoms with Crippen LogP contribution in [0.15, 0.2) is 0 Å². The van der Waals surface area contributed by atoms with Crippen molar-refractivity contribution in [1.29, 1.82) is 0 Å². The van der Waals surface area contributed by atoms with Crippen molar-refractivity contribution >= 4 is 0 Å². The second-order valence-corrected chi connectivity index (χ2v) is 2.73. The van der Waals surface area contributed by atoms with Crippen molar-refractivity contribution in [2.24, 2.45) is 0 Å². The lowest BCUT2D eigenvalue weighted by Crippen LogP contribution is -2.31. The predicted octanol–water partition coefficient (Wildman–Crippen LogP) is 1.36. The van der Waals surface area contributed by atoms with Gasteiger partial charge in [-0.05, 0) is 32.1 Å². The van der Waals surface area contributed by atoms with Crippen molar-refractivity contribution in [2.75, 3.05) is 6.54 Å².